The van der Waals surface area contributed by atoms with Crippen LogP contribution >= 0.6 is 22.9 Å². The normalized spacial score (nSPS) is 11.2. The van der Waals surface area contributed by atoms with Crippen molar-refractivity contribution in [3.05, 3.63) is 45.8 Å². The van der Waals surface area contributed by atoms with Crippen LogP contribution in [0.1, 0.15) is 11.1 Å². The van der Waals surface area contributed by atoms with Gasteiger partial charge in [0.1, 0.15) is 11.1 Å². The first-order valence-electron chi connectivity index (χ1n) is 7.72. The first-order valence-corrected chi connectivity index (χ1v) is 8.98. The SMILES string of the molecule is CN(CC(=O)Nc1ccc(Cl)c(C(F)(F)F)c1)CC(=O)Nc1sccc1C#N. The van der Waals surface area contributed by atoms with Crippen LogP contribution in [0.5, 0.6) is 0 Å². The maximum absolute atomic E-state index is 12.9. The zero-order valence-electron chi connectivity index (χ0n) is 14.4. The van der Waals surface area contributed by atoms with Crippen molar-refractivity contribution in [1.82, 2.24) is 4.90 Å². The Balaban J connectivity index is 1.91. The minimum absolute atomic E-state index is 0.0585. The van der Waals surface area contributed by atoms with Crippen LogP contribution in [0.25, 0.3) is 0 Å². The highest BCUT2D eigenvalue weighted by Crippen LogP contribution is 2.36. The molecule has 0 bridgehead atoms. The summed E-state index contributed by atoms with van der Waals surface area (Å²) >= 11 is 6.73. The summed E-state index contributed by atoms with van der Waals surface area (Å²) in [6.07, 6.45) is -4.64. The second-order valence-electron chi connectivity index (χ2n) is 5.74. The minimum Gasteiger partial charge on any atom is -0.325 e. The minimum atomic E-state index is -4.64. The van der Waals surface area contributed by atoms with Crippen molar-refractivity contribution in [1.29, 1.82) is 5.26 Å². The van der Waals surface area contributed by atoms with Gasteiger partial charge < -0.3 is 10.6 Å². The van der Waals surface area contributed by atoms with Gasteiger partial charge in [0.05, 0.1) is 29.2 Å². The topological polar surface area (TPSA) is 85.2 Å². The molecule has 0 spiro atoms. The fraction of sp³-hybridized carbons (Fsp3) is 0.235. The molecule has 0 atom stereocenters. The zero-order chi connectivity index (χ0) is 20.9. The highest BCUT2D eigenvalue weighted by atomic mass is 35.5. The Kier molecular flexibility index (Phi) is 7.01. The molecule has 0 radical (unpaired) electrons. The van der Waals surface area contributed by atoms with Gasteiger partial charge in [-0.05, 0) is 36.7 Å². The number of rotatable bonds is 6. The number of halogens is 4. The van der Waals surface area contributed by atoms with Crippen molar-refractivity contribution in [2.45, 2.75) is 6.18 Å². The van der Waals surface area contributed by atoms with Crippen LogP contribution in [0.15, 0.2) is 29.6 Å². The summed E-state index contributed by atoms with van der Waals surface area (Å²) in [6, 6.07) is 6.55. The van der Waals surface area contributed by atoms with Crippen LogP contribution in [0.4, 0.5) is 23.9 Å². The van der Waals surface area contributed by atoms with E-state index in [-0.39, 0.29) is 18.8 Å². The second kappa shape index (κ2) is 9.05. The Morgan fingerprint density at radius 2 is 1.86 bits per heavy atom. The number of amides is 2. The number of benzene rings is 1. The molecule has 0 unspecified atom stereocenters. The van der Waals surface area contributed by atoms with Crippen molar-refractivity contribution in [3.63, 3.8) is 0 Å². The fourth-order valence-electron chi connectivity index (χ4n) is 2.23. The Morgan fingerprint density at radius 1 is 1.21 bits per heavy atom. The summed E-state index contributed by atoms with van der Waals surface area (Å²) in [4.78, 5) is 25.4. The predicted molar refractivity (Wildman–Crippen MR) is 100 cm³/mol. The predicted octanol–water partition coefficient (Wildman–Crippen LogP) is 3.80. The molecular formula is C17H14ClF3N4O2S. The van der Waals surface area contributed by atoms with Gasteiger partial charge >= 0.3 is 6.18 Å². The van der Waals surface area contributed by atoms with E-state index in [0.717, 1.165) is 12.1 Å². The van der Waals surface area contributed by atoms with Crippen molar-refractivity contribution >= 4 is 45.4 Å². The number of anilines is 2. The van der Waals surface area contributed by atoms with E-state index in [4.69, 9.17) is 16.9 Å². The first-order chi connectivity index (χ1) is 13.1. The lowest BCUT2D eigenvalue weighted by Crippen LogP contribution is -2.36. The van der Waals surface area contributed by atoms with E-state index >= 15 is 0 Å². The molecule has 0 aliphatic carbocycles. The van der Waals surface area contributed by atoms with E-state index in [0.29, 0.717) is 10.6 Å². The molecule has 0 aliphatic heterocycles. The number of nitrogens with one attached hydrogen (secondary N) is 2. The van der Waals surface area contributed by atoms with Gasteiger partial charge in [0, 0.05) is 5.69 Å². The summed E-state index contributed by atoms with van der Waals surface area (Å²) in [6.45, 7) is -0.377. The number of nitrogens with zero attached hydrogens (tertiary/aromatic N) is 2. The Bertz CT molecular complexity index is 924. The van der Waals surface area contributed by atoms with Crippen LogP contribution in [-0.4, -0.2) is 36.9 Å². The molecule has 0 saturated heterocycles. The molecule has 6 nitrogen and oxygen atoms in total. The van der Waals surface area contributed by atoms with Crippen LogP contribution in [0.2, 0.25) is 5.02 Å². The van der Waals surface area contributed by atoms with E-state index < -0.39 is 28.6 Å². The van der Waals surface area contributed by atoms with E-state index in [2.05, 4.69) is 10.6 Å². The summed E-state index contributed by atoms with van der Waals surface area (Å²) in [5.41, 5.74) is -0.775. The molecule has 0 aliphatic rings. The lowest BCUT2D eigenvalue weighted by molar-refractivity contribution is -0.137. The number of carbonyl (C=O) groups excluding carboxylic acids is 2. The number of likely N-dealkylation sites (N-methyl/N-ethyl adjacent to an activating group) is 1. The number of hydrogen-bond donors (Lipinski definition) is 2. The van der Waals surface area contributed by atoms with Gasteiger partial charge in [0.2, 0.25) is 11.8 Å². The van der Waals surface area contributed by atoms with Crippen LogP contribution in [0.3, 0.4) is 0 Å². The fourth-order valence-corrected chi connectivity index (χ4v) is 3.21. The molecule has 1 aromatic carbocycles. The molecule has 1 heterocycles. The molecule has 28 heavy (non-hydrogen) atoms. The number of hydrogen-bond acceptors (Lipinski definition) is 5. The van der Waals surface area contributed by atoms with Crippen molar-refractivity contribution in [2.24, 2.45) is 0 Å². The molecule has 2 rings (SSSR count). The smallest absolute Gasteiger partial charge is 0.325 e. The number of nitriles is 1. The molecule has 0 fully saturated rings. The van der Waals surface area contributed by atoms with Gasteiger partial charge in [-0.2, -0.15) is 18.4 Å². The molecule has 2 aromatic rings. The number of alkyl halides is 3. The standard InChI is InChI=1S/C17H14ClF3N4O2S/c1-25(9-15(27)24-16-10(7-22)4-5-28-16)8-14(26)23-11-2-3-13(18)12(6-11)17(19,20)21/h2-6H,8-9H2,1H3,(H,23,26)(H,24,27). The van der Waals surface area contributed by atoms with Gasteiger partial charge in [-0.25, -0.2) is 0 Å². The number of carbonyl (C=O) groups is 2. The van der Waals surface area contributed by atoms with E-state index in [1.54, 1.807) is 11.4 Å². The highest BCUT2D eigenvalue weighted by molar-refractivity contribution is 7.14. The van der Waals surface area contributed by atoms with Crippen LogP contribution in [-0.2, 0) is 15.8 Å². The highest BCUT2D eigenvalue weighted by Gasteiger charge is 2.33. The van der Waals surface area contributed by atoms with E-state index in [1.807, 2.05) is 6.07 Å². The third kappa shape index (κ3) is 5.95. The lowest BCUT2D eigenvalue weighted by Gasteiger charge is -2.16. The van der Waals surface area contributed by atoms with Gasteiger partial charge in [-0.15, -0.1) is 11.3 Å². The summed E-state index contributed by atoms with van der Waals surface area (Å²) in [7, 11) is 1.50. The summed E-state index contributed by atoms with van der Waals surface area (Å²) in [5.74, 6) is -1.03. The maximum atomic E-state index is 12.9. The summed E-state index contributed by atoms with van der Waals surface area (Å²) < 4.78 is 38.6. The molecule has 148 valence electrons. The van der Waals surface area contributed by atoms with Gasteiger partial charge in [0.25, 0.3) is 0 Å². The van der Waals surface area contributed by atoms with Crippen molar-refractivity contribution in [2.75, 3.05) is 30.8 Å². The molecular weight excluding hydrogens is 417 g/mol. The second-order valence-corrected chi connectivity index (χ2v) is 7.06. The van der Waals surface area contributed by atoms with Gasteiger partial charge in [0.15, 0.2) is 0 Å². The molecule has 11 heteroatoms. The average molecular weight is 431 g/mol. The Morgan fingerprint density at radius 3 is 2.46 bits per heavy atom. The Hall–Kier alpha value is -2.61. The molecule has 2 amide bonds. The monoisotopic (exact) mass is 430 g/mol. The van der Waals surface area contributed by atoms with Crippen molar-refractivity contribution in [3.8, 4) is 6.07 Å². The summed E-state index contributed by atoms with van der Waals surface area (Å²) in [5, 5.41) is 15.4. The zero-order valence-corrected chi connectivity index (χ0v) is 16.0. The molecule has 0 saturated carbocycles. The lowest BCUT2D eigenvalue weighted by atomic mass is 10.2. The third-order valence-corrected chi connectivity index (χ3v) is 4.58. The molecule has 1 aromatic heterocycles. The molecule has 2 N–H and O–H groups in total. The average Bonchev–Trinajstić information content (AvgIpc) is 3.02. The van der Waals surface area contributed by atoms with E-state index in [9.17, 15) is 22.8 Å². The van der Waals surface area contributed by atoms with E-state index in [1.165, 1.54) is 29.4 Å². The Labute approximate surface area is 167 Å². The number of thiophene rings is 1. The van der Waals surface area contributed by atoms with Gasteiger partial charge in [-0.1, -0.05) is 11.6 Å². The van der Waals surface area contributed by atoms with Gasteiger partial charge in [-0.3, -0.25) is 14.5 Å². The largest absolute Gasteiger partial charge is 0.417 e. The quantitative estimate of drug-likeness (QED) is 0.730. The first kappa shape index (κ1) is 21.7. The van der Waals surface area contributed by atoms with Crippen LogP contribution in [0, 0.1) is 11.3 Å². The van der Waals surface area contributed by atoms with Crippen LogP contribution < -0.4 is 10.6 Å². The van der Waals surface area contributed by atoms with Crippen molar-refractivity contribution < 1.29 is 22.8 Å². The maximum Gasteiger partial charge on any atom is 0.417 e. The third-order valence-electron chi connectivity index (χ3n) is 3.42.